The van der Waals surface area contributed by atoms with Crippen LogP contribution in [0, 0.1) is 0 Å². The van der Waals surface area contributed by atoms with Crippen molar-refractivity contribution in [1.82, 2.24) is 10.6 Å². The third kappa shape index (κ3) is 8.17. The Hall–Kier alpha value is -2.56. The van der Waals surface area contributed by atoms with E-state index in [1.54, 1.807) is 13.3 Å². The molecule has 0 aliphatic carbocycles. The maximum Gasteiger partial charge on any atom is 0.245 e. The average Bonchev–Trinajstić information content (AvgIpc) is 2.58. The molecule has 1 aromatic carbocycles. The largest absolute Gasteiger partial charge is 0.497 e. The molecule has 0 aliphatic heterocycles. The van der Waals surface area contributed by atoms with E-state index in [0.717, 1.165) is 35.6 Å². The monoisotopic (exact) mass is 329 g/mol. The van der Waals surface area contributed by atoms with Gasteiger partial charge in [0.1, 0.15) is 11.6 Å². The number of ether oxygens (including phenoxy) is 1. The van der Waals surface area contributed by atoms with Gasteiger partial charge in [-0.1, -0.05) is 24.6 Å². The molecule has 2 N–H and O–H groups in total. The predicted octanol–water partition coefficient (Wildman–Crippen LogP) is 3.54. The number of nitrogens with zero attached hydrogens (tertiary/aromatic N) is 1. The van der Waals surface area contributed by atoms with Gasteiger partial charge in [0.2, 0.25) is 5.91 Å². The van der Waals surface area contributed by atoms with Crippen LogP contribution >= 0.6 is 0 Å². The van der Waals surface area contributed by atoms with E-state index >= 15 is 0 Å². The summed E-state index contributed by atoms with van der Waals surface area (Å²) in [7, 11) is 1.63. The fraction of sp³-hybridized carbons (Fsp3) is 0.368. The molecule has 0 radical (unpaired) electrons. The van der Waals surface area contributed by atoms with Gasteiger partial charge in [0.25, 0.3) is 0 Å². The number of hydrogen-bond donors (Lipinski definition) is 2. The summed E-state index contributed by atoms with van der Waals surface area (Å²) in [5.41, 5.74) is 2.15. The highest BCUT2D eigenvalue weighted by atomic mass is 16.5. The molecule has 1 aromatic rings. The topological polar surface area (TPSA) is 62.7 Å². The van der Waals surface area contributed by atoms with Crippen molar-refractivity contribution in [3.63, 3.8) is 0 Å². The van der Waals surface area contributed by atoms with Crippen LogP contribution in [0.3, 0.4) is 0 Å². The molecule has 0 heterocycles. The van der Waals surface area contributed by atoms with E-state index in [1.807, 2.05) is 44.3 Å². The molecule has 0 unspecified atom stereocenters. The number of allylic oxidation sites excluding steroid dienone is 1. The molecular weight excluding hydrogens is 302 g/mol. The van der Waals surface area contributed by atoms with Crippen molar-refractivity contribution in [2.24, 2.45) is 4.99 Å². The Kier molecular flexibility index (Phi) is 8.97. The zero-order valence-electron chi connectivity index (χ0n) is 14.9. The number of nitrogens with one attached hydrogen (secondary N) is 2. The lowest BCUT2D eigenvalue weighted by Gasteiger charge is -2.05. The molecule has 130 valence electrons. The first-order valence-corrected chi connectivity index (χ1v) is 8.09. The first kappa shape index (κ1) is 19.5. The summed E-state index contributed by atoms with van der Waals surface area (Å²) in [6.45, 7) is 6.55. The molecule has 0 bridgehead atoms. The summed E-state index contributed by atoms with van der Waals surface area (Å²) < 4.78 is 5.10. The first-order chi connectivity index (χ1) is 11.5. The Morgan fingerprint density at radius 2 is 1.96 bits per heavy atom. The molecule has 1 amide bonds. The van der Waals surface area contributed by atoms with Crippen molar-refractivity contribution in [2.45, 2.75) is 40.2 Å². The molecular formula is C19H27N3O2. The highest BCUT2D eigenvalue weighted by molar-refractivity contribution is 5.89. The summed E-state index contributed by atoms with van der Waals surface area (Å²) in [6, 6.07) is 7.59. The summed E-state index contributed by atoms with van der Waals surface area (Å²) in [4.78, 5) is 16.2. The minimum Gasteiger partial charge on any atom is -0.497 e. The van der Waals surface area contributed by atoms with E-state index in [2.05, 4.69) is 22.5 Å². The zero-order valence-corrected chi connectivity index (χ0v) is 14.9. The minimum absolute atomic E-state index is 0.156. The second kappa shape index (κ2) is 11.0. The fourth-order valence-electron chi connectivity index (χ4n) is 1.82. The van der Waals surface area contributed by atoms with Crippen molar-refractivity contribution in [2.75, 3.05) is 7.11 Å². The highest BCUT2D eigenvalue weighted by Crippen LogP contribution is 2.10. The normalized spacial score (nSPS) is 11.2. The summed E-state index contributed by atoms with van der Waals surface area (Å²) in [6.07, 6.45) is 6.73. The second-order valence-corrected chi connectivity index (χ2v) is 5.58. The minimum atomic E-state index is -0.156. The quantitative estimate of drug-likeness (QED) is 0.436. The molecule has 0 aliphatic rings. The molecule has 0 saturated heterocycles. The van der Waals surface area contributed by atoms with Gasteiger partial charge in [0, 0.05) is 31.4 Å². The predicted molar refractivity (Wildman–Crippen MR) is 98.9 cm³/mol. The van der Waals surface area contributed by atoms with E-state index in [1.165, 1.54) is 6.08 Å². The highest BCUT2D eigenvalue weighted by Gasteiger charge is 1.98. The van der Waals surface area contributed by atoms with Crippen molar-refractivity contribution in [1.29, 1.82) is 0 Å². The van der Waals surface area contributed by atoms with E-state index in [0.29, 0.717) is 6.54 Å². The van der Waals surface area contributed by atoms with E-state index in [-0.39, 0.29) is 5.91 Å². The number of methoxy groups -OCH3 is 1. The number of carbonyl (C=O) groups excluding carboxylic acids is 1. The van der Waals surface area contributed by atoms with Crippen LogP contribution in [-0.2, 0) is 11.3 Å². The van der Waals surface area contributed by atoms with Crippen LogP contribution in [0.2, 0.25) is 0 Å². The molecule has 0 fully saturated rings. The Bertz CT molecular complexity index is 598. The lowest BCUT2D eigenvalue weighted by molar-refractivity contribution is -0.116. The van der Waals surface area contributed by atoms with Crippen LogP contribution in [0.25, 0.3) is 0 Å². The number of carbonyl (C=O) groups is 1. The third-order valence-corrected chi connectivity index (χ3v) is 3.08. The Balaban J connectivity index is 2.46. The Labute approximate surface area is 144 Å². The Morgan fingerprint density at radius 1 is 1.25 bits per heavy atom. The summed E-state index contributed by atoms with van der Waals surface area (Å²) >= 11 is 0. The molecule has 0 saturated carbocycles. The van der Waals surface area contributed by atoms with Crippen LogP contribution in [0.4, 0.5) is 0 Å². The van der Waals surface area contributed by atoms with Crippen LogP contribution < -0.4 is 15.4 Å². The van der Waals surface area contributed by atoms with E-state index < -0.39 is 0 Å². The lowest BCUT2D eigenvalue weighted by Crippen LogP contribution is -2.22. The number of amides is 1. The number of benzene rings is 1. The van der Waals surface area contributed by atoms with Gasteiger partial charge >= 0.3 is 0 Å². The lowest BCUT2D eigenvalue weighted by atomic mass is 10.2. The first-order valence-electron chi connectivity index (χ1n) is 8.09. The second-order valence-electron chi connectivity index (χ2n) is 5.58. The fourth-order valence-corrected chi connectivity index (χ4v) is 1.82. The molecule has 24 heavy (non-hydrogen) atoms. The molecule has 5 heteroatoms. The van der Waals surface area contributed by atoms with Gasteiger partial charge in [-0.25, -0.2) is 4.99 Å². The van der Waals surface area contributed by atoms with Crippen LogP contribution in [0.1, 0.15) is 39.2 Å². The van der Waals surface area contributed by atoms with Crippen molar-refractivity contribution < 1.29 is 9.53 Å². The van der Waals surface area contributed by atoms with Gasteiger partial charge in [-0.2, -0.15) is 0 Å². The van der Waals surface area contributed by atoms with Crippen LogP contribution in [0.5, 0.6) is 5.75 Å². The summed E-state index contributed by atoms with van der Waals surface area (Å²) in [5.74, 6) is 1.49. The number of aliphatic imine (C=N–C) groups is 1. The number of amidine groups is 1. The molecule has 1 rings (SSSR count). The van der Waals surface area contributed by atoms with Gasteiger partial charge in [0.15, 0.2) is 0 Å². The van der Waals surface area contributed by atoms with E-state index in [9.17, 15) is 4.79 Å². The molecule has 5 nitrogen and oxygen atoms in total. The Morgan fingerprint density at radius 3 is 2.54 bits per heavy atom. The van der Waals surface area contributed by atoms with Crippen LogP contribution in [-0.4, -0.2) is 18.9 Å². The van der Waals surface area contributed by atoms with Crippen molar-refractivity contribution >= 4 is 11.7 Å². The zero-order chi connectivity index (χ0) is 17.8. The van der Waals surface area contributed by atoms with E-state index in [4.69, 9.17) is 4.74 Å². The number of rotatable bonds is 8. The van der Waals surface area contributed by atoms with Crippen molar-refractivity contribution in [3.05, 3.63) is 53.9 Å². The average molecular weight is 329 g/mol. The standard InChI is InChI=1S/C19H27N3O2/c1-5-6-18(21-13-15(2)3)20-12-11-19(23)22-14-16-7-9-17(24-4)10-8-16/h7-13H,5-6,14H2,1-4H3,(H,20,21)(H,22,23)/b12-11+. The molecule has 0 atom stereocenters. The van der Waals surface area contributed by atoms with Gasteiger partial charge in [-0.15, -0.1) is 0 Å². The maximum atomic E-state index is 11.8. The van der Waals surface area contributed by atoms with Gasteiger partial charge < -0.3 is 15.4 Å². The number of hydrogen-bond acceptors (Lipinski definition) is 3. The SMILES string of the molecule is CCCC(=NC=C(C)C)N/C=C/C(=O)NCc1ccc(OC)cc1. The van der Waals surface area contributed by atoms with Gasteiger partial charge in [0.05, 0.1) is 7.11 Å². The smallest absolute Gasteiger partial charge is 0.245 e. The maximum absolute atomic E-state index is 11.8. The van der Waals surface area contributed by atoms with Crippen LogP contribution in [0.15, 0.2) is 53.3 Å². The molecule has 0 spiro atoms. The summed E-state index contributed by atoms with van der Waals surface area (Å²) in [5, 5.41) is 5.90. The van der Waals surface area contributed by atoms with Gasteiger partial charge in [-0.05, 0) is 38.0 Å². The molecule has 0 aromatic heterocycles. The van der Waals surface area contributed by atoms with Crippen molar-refractivity contribution in [3.8, 4) is 5.75 Å². The third-order valence-electron chi connectivity index (χ3n) is 3.08. The van der Waals surface area contributed by atoms with Gasteiger partial charge in [-0.3, -0.25) is 4.79 Å².